The maximum absolute atomic E-state index is 13.1. The van der Waals surface area contributed by atoms with Gasteiger partial charge in [-0.2, -0.15) is 4.21 Å². The Morgan fingerprint density at radius 2 is 1.56 bits per heavy atom. The van der Waals surface area contributed by atoms with Crippen LogP contribution in [0.5, 0.6) is 11.5 Å². The molecule has 0 aliphatic rings. The first-order chi connectivity index (χ1) is 16.0. The van der Waals surface area contributed by atoms with Gasteiger partial charge >= 0.3 is 17.2 Å². The Balaban J connectivity index is 2.45. The first-order valence-corrected chi connectivity index (χ1v) is 12.2. The number of hydrogen-bond acceptors (Lipinski definition) is 7. The summed E-state index contributed by atoms with van der Waals surface area (Å²) in [5.74, 6) is 0.167. The van der Waals surface area contributed by atoms with Crippen LogP contribution in [0.15, 0.2) is 24.3 Å². The van der Waals surface area contributed by atoms with Crippen molar-refractivity contribution in [1.29, 1.82) is 0 Å². The lowest BCUT2D eigenvalue weighted by Crippen LogP contribution is -2.15. The summed E-state index contributed by atoms with van der Waals surface area (Å²) in [5.41, 5.74) is 3.56. The zero-order chi connectivity index (χ0) is 25.6. The Bertz CT molecular complexity index is 1010. The van der Waals surface area contributed by atoms with Gasteiger partial charge < -0.3 is 14.0 Å². The number of anilines is 1. The highest BCUT2D eigenvalue weighted by Crippen LogP contribution is 2.38. The normalized spacial score (nSPS) is 12.3. The van der Waals surface area contributed by atoms with Gasteiger partial charge in [0.2, 0.25) is 0 Å². The summed E-state index contributed by atoms with van der Waals surface area (Å²) in [6, 6.07) is 7.04. The van der Waals surface area contributed by atoms with Crippen molar-refractivity contribution in [1.82, 2.24) is 0 Å². The second kappa shape index (κ2) is 12.2. The van der Waals surface area contributed by atoms with E-state index in [1.165, 1.54) is 31.9 Å². The molecule has 0 spiro atoms. The first kappa shape index (κ1) is 27.6. The fourth-order valence-corrected chi connectivity index (χ4v) is 4.13. The van der Waals surface area contributed by atoms with E-state index in [1.807, 2.05) is 0 Å². The standard InChI is InChI=1S/C25H35NO7S/c1-14(2)17-10-20(15(3)4)24(21(11-17)16(5)6)33-34(29)26-19-9-18(13-32-31-8)23(27)22(12-19)25(28)30-7/h9-12,14-16,26-27H,13H2,1-8H3. The van der Waals surface area contributed by atoms with Gasteiger partial charge in [0.15, 0.2) is 0 Å². The topological polar surface area (TPSA) is 103 Å². The summed E-state index contributed by atoms with van der Waals surface area (Å²) in [6.45, 7) is 12.4. The fourth-order valence-electron chi connectivity index (χ4n) is 3.43. The molecule has 0 aliphatic heterocycles. The van der Waals surface area contributed by atoms with Crippen LogP contribution in [0, 0.1) is 0 Å². The van der Waals surface area contributed by atoms with Crippen molar-refractivity contribution >= 4 is 22.9 Å². The highest BCUT2D eigenvalue weighted by molar-refractivity contribution is 7.82. The lowest BCUT2D eigenvalue weighted by Gasteiger charge is -2.22. The summed E-state index contributed by atoms with van der Waals surface area (Å²) in [4.78, 5) is 21.6. The predicted octanol–water partition coefficient (Wildman–Crippen LogP) is 5.70. The maximum atomic E-state index is 13.1. The molecule has 34 heavy (non-hydrogen) atoms. The second-order valence-electron chi connectivity index (χ2n) is 8.86. The number of carbonyl (C=O) groups is 1. The lowest BCUT2D eigenvalue weighted by atomic mass is 9.88. The van der Waals surface area contributed by atoms with E-state index in [-0.39, 0.29) is 41.0 Å². The Hall–Kier alpha value is -2.62. The summed E-state index contributed by atoms with van der Waals surface area (Å²) in [5, 5.41) is 10.4. The molecule has 0 heterocycles. The number of rotatable bonds is 11. The number of esters is 1. The van der Waals surface area contributed by atoms with E-state index >= 15 is 0 Å². The molecular formula is C25H35NO7S. The van der Waals surface area contributed by atoms with Crippen LogP contribution in [0.1, 0.15) is 91.9 Å². The smallest absolute Gasteiger partial charge is 0.341 e. The number of benzene rings is 2. The number of carbonyl (C=O) groups excluding carboxylic acids is 1. The fraction of sp³-hybridized carbons (Fsp3) is 0.480. The molecule has 2 rings (SSSR count). The Labute approximate surface area is 204 Å². The number of ether oxygens (including phenoxy) is 1. The molecule has 1 atom stereocenters. The molecule has 0 aliphatic carbocycles. The molecule has 188 valence electrons. The average Bonchev–Trinajstić information content (AvgIpc) is 2.77. The molecule has 0 fully saturated rings. The van der Waals surface area contributed by atoms with Crippen LogP contribution in [0.4, 0.5) is 5.69 Å². The van der Waals surface area contributed by atoms with Crippen molar-refractivity contribution in [3.8, 4) is 11.5 Å². The minimum atomic E-state index is -1.99. The van der Waals surface area contributed by atoms with Gasteiger partial charge in [0.05, 0.1) is 19.9 Å². The summed E-state index contributed by atoms with van der Waals surface area (Å²) >= 11 is -1.99. The Morgan fingerprint density at radius 3 is 2.03 bits per heavy atom. The highest BCUT2D eigenvalue weighted by Gasteiger charge is 2.22. The molecule has 0 bridgehead atoms. The third-order valence-corrected chi connectivity index (χ3v) is 6.09. The van der Waals surface area contributed by atoms with Crippen LogP contribution in [0.2, 0.25) is 0 Å². The van der Waals surface area contributed by atoms with E-state index in [9.17, 15) is 14.1 Å². The molecule has 2 N–H and O–H groups in total. The van der Waals surface area contributed by atoms with E-state index in [1.54, 1.807) is 0 Å². The quantitative estimate of drug-likeness (QED) is 0.179. The zero-order valence-electron chi connectivity index (χ0n) is 21.1. The van der Waals surface area contributed by atoms with E-state index in [2.05, 4.69) is 63.3 Å². The van der Waals surface area contributed by atoms with Crippen molar-refractivity contribution in [3.63, 3.8) is 0 Å². The van der Waals surface area contributed by atoms with E-state index in [0.29, 0.717) is 11.7 Å². The van der Waals surface area contributed by atoms with Crippen molar-refractivity contribution in [3.05, 3.63) is 52.1 Å². The SMILES string of the molecule is COOCc1cc(NS(=O)Oc2c(C(C)C)cc(C(C)C)cc2C(C)C)cc(C(=O)OC)c1O. The zero-order valence-corrected chi connectivity index (χ0v) is 21.9. The minimum Gasteiger partial charge on any atom is -0.507 e. The number of phenols is 1. The lowest BCUT2D eigenvalue weighted by molar-refractivity contribution is -0.282. The highest BCUT2D eigenvalue weighted by atomic mass is 32.2. The molecule has 2 aromatic carbocycles. The maximum Gasteiger partial charge on any atom is 0.341 e. The van der Waals surface area contributed by atoms with Gasteiger partial charge in [0, 0.05) is 5.56 Å². The van der Waals surface area contributed by atoms with Gasteiger partial charge in [-0.25, -0.2) is 14.6 Å². The van der Waals surface area contributed by atoms with Crippen LogP contribution in [-0.2, 0) is 32.4 Å². The largest absolute Gasteiger partial charge is 0.507 e. The summed E-state index contributed by atoms with van der Waals surface area (Å²) in [7, 11) is 2.53. The number of aromatic hydroxyl groups is 1. The van der Waals surface area contributed by atoms with Gasteiger partial charge in [0.25, 0.3) is 0 Å². The molecule has 2 aromatic rings. The molecule has 0 amide bonds. The first-order valence-electron chi connectivity index (χ1n) is 11.1. The minimum absolute atomic E-state index is 0.105. The van der Waals surface area contributed by atoms with Crippen molar-refractivity contribution in [2.75, 3.05) is 18.9 Å². The van der Waals surface area contributed by atoms with Crippen molar-refractivity contribution in [2.45, 2.75) is 65.9 Å². The second-order valence-corrected chi connectivity index (χ2v) is 9.70. The van der Waals surface area contributed by atoms with Gasteiger partial charge in [-0.05, 0) is 46.6 Å². The van der Waals surface area contributed by atoms with Crippen LogP contribution < -0.4 is 8.91 Å². The van der Waals surface area contributed by atoms with Crippen LogP contribution in [0.3, 0.4) is 0 Å². The predicted molar refractivity (Wildman–Crippen MR) is 132 cm³/mol. The summed E-state index contributed by atoms with van der Waals surface area (Å²) in [6.07, 6.45) is 0. The molecule has 1 unspecified atom stereocenters. The van der Waals surface area contributed by atoms with Crippen molar-refractivity contribution in [2.24, 2.45) is 0 Å². The molecule has 0 saturated carbocycles. The number of hydrogen-bond donors (Lipinski definition) is 2. The number of nitrogens with one attached hydrogen (secondary N) is 1. The Morgan fingerprint density at radius 1 is 0.971 bits per heavy atom. The molecule has 0 radical (unpaired) electrons. The van der Waals surface area contributed by atoms with Crippen LogP contribution in [-0.4, -0.2) is 29.5 Å². The van der Waals surface area contributed by atoms with Gasteiger partial charge in [-0.15, -0.1) is 0 Å². The van der Waals surface area contributed by atoms with E-state index in [4.69, 9.17) is 13.8 Å². The third kappa shape index (κ3) is 6.71. The summed E-state index contributed by atoms with van der Waals surface area (Å²) < 4.78 is 26.5. The van der Waals surface area contributed by atoms with E-state index in [0.717, 1.165) is 11.1 Å². The van der Waals surface area contributed by atoms with Crippen molar-refractivity contribution < 1.29 is 32.8 Å². The Kier molecular flexibility index (Phi) is 9.90. The molecule has 0 aromatic heterocycles. The van der Waals surface area contributed by atoms with Gasteiger partial charge in [-0.1, -0.05) is 53.7 Å². The number of phenolic OH excluding ortho intramolecular Hbond substituents is 1. The molecule has 8 nitrogen and oxygen atoms in total. The van der Waals surface area contributed by atoms with E-state index < -0.39 is 17.2 Å². The van der Waals surface area contributed by atoms with Gasteiger partial charge in [0.1, 0.15) is 23.7 Å². The molecule has 0 saturated heterocycles. The van der Waals surface area contributed by atoms with Gasteiger partial charge in [-0.3, -0.25) is 4.72 Å². The third-order valence-electron chi connectivity index (χ3n) is 5.37. The molecular weight excluding hydrogens is 458 g/mol. The number of methoxy groups -OCH3 is 1. The van der Waals surface area contributed by atoms with Crippen LogP contribution >= 0.6 is 0 Å². The monoisotopic (exact) mass is 493 g/mol. The average molecular weight is 494 g/mol. The van der Waals surface area contributed by atoms with Crippen LogP contribution in [0.25, 0.3) is 0 Å². The molecule has 9 heteroatoms.